The zero-order valence-electron chi connectivity index (χ0n) is 15.6. The highest BCUT2D eigenvalue weighted by Gasteiger charge is 2.46. The van der Waals surface area contributed by atoms with Crippen LogP contribution in [-0.4, -0.2) is 37.5 Å². The number of carbonyl (C=O) groups excluding carboxylic acids is 3. The highest BCUT2D eigenvalue weighted by molar-refractivity contribution is 5.94. The summed E-state index contributed by atoms with van der Waals surface area (Å²) in [5.41, 5.74) is 1.44. The Hall–Kier alpha value is -2.37. The number of Topliss-reactive ketones (excluding diaryl/α,β-unsaturated/α-hetero) is 1. The van der Waals surface area contributed by atoms with E-state index in [1.54, 1.807) is 32.0 Å². The number of hydrogen-bond acceptors (Lipinski definition) is 6. The molecule has 0 bridgehead atoms. The Morgan fingerprint density at radius 1 is 1.12 bits per heavy atom. The van der Waals surface area contributed by atoms with Crippen LogP contribution < -0.4 is 4.74 Å². The molecule has 1 aliphatic rings. The number of benzene rings is 1. The highest BCUT2D eigenvalue weighted by Crippen LogP contribution is 2.51. The Balaban J connectivity index is 2.03. The molecule has 1 aliphatic carbocycles. The van der Waals surface area contributed by atoms with Gasteiger partial charge in [0.25, 0.3) is 0 Å². The fraction of sp³-hybridized carbons (Fsp3) is 0.550. The predicted octanol–water partition coefficient (Wildman–Crippen LogP) is 3.28. The lowest BCUT2D eigenvalue weighted by Crippen LogP contribution is -2.09. The summed E-state index contributed by atoms with van der Waals surface area (Å²) >= 11 is 0. The van der Waals surface area contributed by atoms with Gasteiger partial charge in [0, 0.05) is 17.9 Å². The molecule has 6 heteroatoms. The smallest absolute Gasteiger partial charge is 0.309 e. The van der Waals surface area contributed by atoms with E-state index in [9.17, 15) is 14.4 Å². The maximum Gasteiger partial charge on any atom is 0.309 e. The van der Waals surface area contributed by atoms with Gasteiger partial charge in [-0.1, -0.05) is 0 Å². The van der Waals surface area contributed by atoms with Crippen LogP contribution in [0.4, 0.5) is 0 Å². The lowest BCUT2D eigenvalue weighted by molar-refractivity contribution is -0.145. The minimum atomic E-state index is -0.243. The molecule has 0 spiro atoms. The summed E-state index contributed by atoms with van der Waals surface area (Å²) in [4.78, 5) is 35.0. The molecule has 0 amide bonds. The average molecular weight is 362 g/mol. The van der Waals surface area contributed by atoms with Gasteiger partial charge in [0.05, 0.1) is 25.7 Å². The Bertz CT molecular complexity index is 666. The molecule has 0 heterocycles. The Kier molecular flexibility index (Phi) is 7.18. The molecule has 1 aromatic carbocycles. The second-order valence-electron chi connectivity index (χ2n) is 6.27. The minimum absolute atomic E-state index is 0.00778. The molecule has 0 unspecified atom stereocenters. The largest absolute Gasteiger partial charge is 0.493 e. The standard InChI is InChI=1S/C20H26O6/c1-4-24-19(22)7-6-10-26-18-9-8-14(13(3)21)11-16(18)15-12-17(15)20(23)25-5-2/h8-9,11,15,17H,4-7,10,12H2,1-3H3/t15-,17+/m0/s1. The van der Waals surface area contributed by atoms with E-state index in [1.165, 1.54) is 6.92 Å². The molecule has 0 radical (unpaired) electrons. The summed E-state index contributed by atoms with van der Waals surface area (Å²) in [7, 11) is 0. The fourth-order valence-corrected chi connectivity index (χ4v) is 2.87. The molecule has 142 valence electrons. The molecule has 1 saturated carbocycles. The molecule has 0 N–H and O–H groups in total. The van der Waals surface area contributed by atoms with Crippen LogP contribution in [0.2, 0.25) is 0 Å². The van der Waals surface area contributed by atoms with Crippen molar-refractivity contribution in [2.45, 2.75) is 46.0 Å². The van der Waals surface area contributed by atoms with E-state index < -0.39 is 0 Å². The van der Waals surface area contributed by atoms with Crippen molar-refractivity contribution in [3.05, 3.63) is 29.3 Å². The molecular formula is C20H26O6. The van der Waals surface area contributed by atoms with E-state index in [2.05, 4.69) is 0 Å². The first-order chi connectivity index (χ1) is 12.5. The second-order valence-corrected chi connectivity index (χ2v) is 6.27. The zero-order valence-corrected chi connectivity index (χ0v) is 15.6. The summed E-state index contributed by atoms with van der Waals surface area (Å²) < 4.78 is 15.8. The van der Waals surface area contributed by atoms with Crippen molar-refractivity contribution in [1.82, 2.24) is 0 Å². The summed E-state index contributed by atoms with van der Waals surface area (Å²) in [6.45, 7) is 6.15. The molecule has 2 rings (SSSR count). The van der Waals surface area contributed by atoms with Crippen molar-refractivity contribution in [1.29, 1.82) is 0 Å². The highest BCUT2D eigenvalue weighted by atomic mass is 16.5. The summed E-state index contributed by atoms with van der Waals surface area (Å²) in [5.74, 6) is -0.0108. The van der Waals surface area contributed by atoms with Gasteiger partial charge in [-0.25, -0.2) is 0 Å². The van der Waals surface area contributed by atoms with Gasteiger partial charge < -0.3 is 14.2 Å². The van der Waals surface area contributed by atoms with Gasteiger partial charge in [-0.2, -0.15) is 0 Å². The molecule has 26 heavy (non-hydrogen) atoms. The average Bonchev–Trinajstić information content (AvgIpc) is 3.40. The first-order valence-corrected chi connectivity index (χ1v) is 9.07. The van der Waals surface area contributed by atoms with Crippen molar-refractivity contribution in [2.75, 3.05) is 19.8 Å². The van der Waals surface area contributed by atoms with Gasteiger partial charge >= 0.3 is 11.9 Å². The summed E-state index contributed by atoms with van der Waals surface area (Å²) in [5, 5.41) is 0. The fourth-order valence-electron chi connectivity index (χ4n) is 2.87. The van der Waals surface area contributed by atoms with Gasteiger partial charge in [0.15, 0.2) is 5.78 Å². The van der Waals surface area contributed by atoms with Gasteiger partial charge in [0.2, 0.25) is 0 Å². The number of ketones is 1. The van der Waals surface area contributed by atoms with Crippen LogP contribution in [0, 0.1) is 5.92 Å². The lowest BCUT2D eigenvalue weighted by atomic mass is 10.0. The zero-order chi connectivity index (χ0) is 19.1. The third kappa shape index (κ3) is 5.31. The minimum Gasteiger partial charge on any atom is -0.493 e. The Labute approximate surface area is 153 Å². The van der Waals surface area contributed by atoms with Gasteiger partial charge in [-0.05, 0) is 57.4 Å². The van der Waals surface area contributed by atoms with E-state index in [-0.39, 0.29) is 29.6 Å². The van der Waals surface area contributed by atoms with E-state index in [1.807, 2.05) is 0 Å². The van der Waals surface area contributed by atoms with Gasteiger partial charge in [-0.3, -0.25) is 14.4 Å². The van der Waals surface area contributed by atoms with Crippen LogP contribution in [0.15, 0.2) is 18.2 Å². The van der Waals surface area contributed by atoms with Crippen molar-refractivity contribution in [3.63, 3.8) is 0 Å². The SMILES string of the molecule is CCOC(=O)CCCOc1ccc(C(C)=O)cc1[C@@H]1C[C@H]1C(=O)OCC. The number of ether oxygens (including phenoxy) is 3. The molecule has 0 aromatic heterocycles. The van der Waals surface area contributed by atoms with Crippen molar-refractivity contribution in [3.8, 4) is 5.75 Å². The lowest BCUT2D eigenvalue weighted by Gasteiger charge is -2.13. The second kappa shape index (κ2) is 9.36. The van der Waals surface area contributed by atoms with E-state index in [4.69, 9.17) is 14.2 Å². The number of hydrogen-bond donors (Lipinski definition) is 0. The summed E-state index contributed by atoms with van der Waals surface area (Å²) in [6, 6.07) is 5.28. The molecular weight excluding hydrogens is 336 g/mol. The van der Waals surface area contributed by atoms with Crippen molar-refractivity contribution < 1.29 is 28.6 Å². The van der Waals surface area contributed by atoms with Crippen LogP contribution in [0.5, 0.6) is 5.75 Å². The number of rotatable bonds is 10. The third-order valence-electron chi connectivity index (χ3n) is 4.28. The third-order valence-corrected chi connectivity index (χ3v) is 4.28. The van der Waals surface area contributed by atoms with E-state index >= 15 is 0 Å². The van der Waals surface area contributed by atoms with Crippen LogP contribution in [0.3, 0.4) is 0 Å². The summed E-state index contributed by atoms with van der Waals surface area (Å²) in [6.07, 6.45) is 1.53. The maximum atomic E-state index is 11.9. The van der Waals surface area contributed by atoms with Crippen LogP contribution in [-0.2, 0) is 19.1 Å². The van der Waals surface area contributed by atoms with Crippen molar-refractivity contribution >= 4 is 17.7 Å². The molecule has 6 nitrogen and oxygen atoms in total. The molecule has 1 aromatic rings. The van der Waals surface area contributed by atoms with Crippen LogP contribution in [0.1, 0.15) is 61.9 Å². The Morgan fingerprint density at radius 2 is 1.85 bits per heavy atom. The van der Waals surface area contributed by atoms with Crippen LogP contribution in [0.25, 0.3) is 0 Å². The Morgan fingerprint density at radius 3 is 2.50 bits per heavy atom. The molecule has 1 fully saturated rings. The van der Waals surface area contributed by atoms with Gasteiger partial charge in [-0.15, -0.1) is 0 Å². The monoisotopic (exact) mass is 362 g/mol. The molecule has 2 atom stereocenters. The normalized spacial score (nSPS) is 18.1. The molecule has 0 saturated heterocycles. The van der Waals surface area contributed by atoms with Crippen molar-refractivity contribution in [2.24, 2.45) is 5.92 Å². The maximum absolute atomic E-state index is 11.9. The number of esters is 2. The quantitative estimate of drug-likeness (QED) is 0.361. The topological polar surface area (TPSA) is 78.9 Å². The van der Waals surface area contributed by atoms with Crippen LogP contribution >= 0.6 is 0 Å². The predicted molar refractivity (Wildman–Crippen MR) is 95.3 cm³/mol. The molecule has 0 aliphatic heterocycles. The number of carbonyl (C=O) groups is 3. The van der Waals surface area contributed by atoms with E-state index in [0.717, 1.165) is 5.56 Å². The first kappa shape index (κ1) is 19.9. The van der Waals surface area contributed by atoms with E-state index in [0.29, 0.717) is 50.4 Å². The first-order valence-electron chi connectivity index (χ1n) is 9.07. The van der Waals surface area contributed by atoms with Gasteiger partial charge in [0.1, 0.15) is 5.75 Å².